The van der Waals surface area contributed by atoms with Crippen molar-refractivity contribution in [2.75, 3.05) is 7.11 Å². The van der Waals surface area contributed by atoms with E-state index in [1.165, 1.54) is 18.4 Å². The van der Waals surface area contributed by atoms with Crippen LogP contribution in [-0.4, -0.2) is 29.8 Å². The molecule has 0 aliphatic carbocycles. The van der Waals surface area contributed by atoms with Crippen LogP contribution in [0.1, 0.15) is 62.6 Å². The van der Waals surface area contributed by atoms with E-state index in [4.69, 9.17) is 4.74 Å². The quantitative estimate of drug-likeness (QED) is 0.837. The number of esters is 1. The van der Waals surface area contributed by atoms with Crippen LogP contribution in [0.2, 0.25) is 0 Å². The number of carbonyl (C=O) groups excluding carboxylic acids is 2. The molecule has 1 heterocycles. The average molecular weight is 328 g/mol. The molecule has 7 heteroatoms. The number of alkyl carbamates (subject to hydrolysis) is 1. The second-order valence-electron chi connectivity index (χ2n) is 6.07. The van der Waals surface area contributed by atoms with Crippen molar-refractivity contribution in [3.63, 3.8) is 0 Å². The van der Waals surface area contributed by atoms with Gasteiger partial charge in [-0.05, 0) is 26.7 Å². The molecule has 22 heavy (non-hydrogen) atoms. The van der Waals surface area contributed by atoms with Gasteiger partial charge in [0.15, 0.2) is 5.69 Å². The van der Waals surface area contributed by atoms with Crippen molar-refractivity contribution in [2.24, 2.45) is 5.92 Å². The molecule has 0 fully saturated rings. The Labute approximate surface area is 135 Å². The number of thiazole rings is 1. The predicted molar refractivity (Wildman–Crippen MR) is 85.0 cm³/mol. The summed E-state index contributed by atoms with van der Waals surface area (Å²) in [6, 6.07) is -0.303. The maximum Gasteiger partial charge on any atom is 0.408 e. The van der Waals surface area contributed by atoms with Crippen LogP contribution in [0.25, 0.3) is 0 Å². The van der Waals surface area contributed by atoms with Gasteiger partial charge < -0.3 is 14.8 Å². The third-order valence-corrected chi connectivity index (χ3v) is 4.00. The summed E-state index contributed by atoms with van der Waals surface area (Å²) in [5, 5.41) is 5.14. The molecule has 0 aliphatic heterocycles. The fraction of sp³-hybridized carbons (Fsp3) is 0.667. The molecule has 1 N–H and O–H groups in total. The smallest absolute Gasteiger partial charge is 0.408 e. The normalized spacial score (nSPS) is 14.1. The molecule has 0 saturated heterocycles. The van der Waals surface area contributed by atoms with Crippen LogP contribution in [0, 0.1) is 5.92 Å². The van der Waals surface area contributed by atoms with E-state index in [9.17, 15) is 9.59 Å². The molecule has 2 atom stereocenters. The van der Waals surface area contributed by atoms with Gasteiger partial charge in [-0.3, -0.25) is 0 Å². The number of hydrogen-bond acceptors (Lipinski definition) is 6. The molecule has 0 radical (unpaired) electrons. The summed E-state index contributed by atoms with van der Waals surface area (Å²) in [5.74, 6) is -0.327. The highest BCUT2D eigenvalue weighted by atomic mass is 32.1. The molecule has 6 nitrogen and oxygen atoms in total. The molecule has 0 saturated carbocycles. The van der Waals surface area contributed by atoms with Gasteiger partial charge in [0.1, 0.15) is 10.6 Å². The summed E-state index contributed by atoms with van der Waals surface area (Å²) in [6.45, 7) is 9.47. The van der Waals surface area contributed by atoms with Crippen molar-refractivity contribution < 1.29 is 19.1 Å². The van der Waals surface area contributed by atoms with Crippen molar-refractivity contribution in [2.45, 2.75) is 52.7 Å². The molecule has 0 aliphatic rings. The number of carbonyl (C=O) groups is 2. The first kappa shape index (κ1) is 18.4. The Bertz CT molecular complexity index is 522. The Morgan fingerprint density at radius 3 is 2.55 bits per heavy atom. The van der Waals surface area contributed by atoms with Crippen LogP contribution in [-0.2, 0) is 9.47 Å². The molecule has 0 aromatic carbocycles. The fourth-order valence-electron chi connectivity index (χ4n) is 1.75. The number of methoxy groups -OCH3 is 1. The van der Waals surface area contributed by atoms with E-state index in [-0.39, 0.29) is 17.7 Å². The minimum Gasteiger partial charge on any atom is -0.464 e. The van der Waals surface area contributed by atoms with Gasteiger partial charge in [-0.2, -0.15) is 0 Å². The predicted octanol–water partition coefficient (Wildman–Crippen LogP) is 3.54. The highest BCUT2D eigenvalue weighted by Gasteiger charge is 2.27. The third-order valence-electron chi connectivity index (χ3n) is 3.07. The zero-order valence-electron chi connectivity index (χ0n) is 13.9. The zero-order valence-corrected chi connectivity index (χ0v) is 14.7. The van der Waals surface area contributed by atoms with Crippen molar-refractivity contribution in [1.29, 1.82) is 0 Å². The fourth-order valence-corrected chi connectivity index (χ4v) is 2.72. The number of hydrogen-bond donors (Lipinski definition) is 1. The highest BCUT2D eigenvalue weighted by molar-refractivity contribution is 7.09. The monoisotopic (exact) mass is 328 g/mol. The van der Waals surface area contributed by atoms with Crippen molar-refractivity contribution in [1.82, 2.24) is 10.3 Å². The molecule has 1 amide bonds. The largest absolute Gasteiger partial charge is 0.464 e. The van der Waals surface area contributed by atoms with E-state index in [1.807, 2.05) is 34.6 Å². The van der Waals surface area contributed by atoms with Crippen LogP contribution >= 0.6 is 11.3 Å². The second-order valence-corrected chi connectivity index (χ2v) is 6.96. The molecule has 0 spiro atoms. The zero-order chi connectivity index (χ0) is 16.9. The molecular weight excluding hydrogens is 304 g/mol. The van der Waals surface area contributed by atoms with Gasteiger partial charge in [-0.15, -0.1) is 11.3 Å². The van der Waals surface area contributed by atoms with E-state index in [2.05, 4.69) is 15.0 Å². The maximum absolute atomic E-state index is 12.0. The van der Waals surface area contributed by atoms with E-state index >= 15 is 0 Å². The van der Waals surface area contributed by atoms with E-state index in [0.717, 1.165) is 6.42 Å². The lowest BCUT2D eigenvalue weighted by Crippen LogP contribution is -2.37. The molecule has 1 rings (SSSR count). The Kier molecular flexibility index (Phi) is 6.34. The number of ether oxygens (including phenoxy) is 2. The standard InChI is InChI=1S/C15H24N2O4S/c1-7-9(2)11(17-14(19)21-15(3,4)5)12-16-10(8-22-12)13(18)20-6/h8-9,11H,7H2,1-6H3,(H,17,19)/t9-,11+/m0/s1. The first-order valence-electron chi connectivity index (χ1n) is 7.21. The van der Waals surface area contributed by atoms with Crippen LogP contribution in [0.4, 0.5) is 4.79 Å². The summed E-state index contributed by atoms with van der Waals surface area (Å²) >= 11 is 1.32. The number of nitrogens with one attached hydrogen (secondary N) is 1. The summed E-state index contributed by atoms with van der Waals surface area (Å²) < 4.78 is 9.95. The first-order valence-corrected chi connectivity index (χ1v) is 8.09. The molecule has 1 aromatic heterocycles. The van der Waals surface area contributed by atoms with Gasteiger partial charge in [-0.25, -0.2) is 14.6 Å². The van der Waals surface area contributed by atoms with E-state index in [0.29, 0.717) is 5.01 Å². The topological polar surface area (TPSA) is 77.5 Å². The molecule has 124 valence electrons. The van der Waals surface area contributed by atoms with Crippen molar-refractivity contribution >= 4 is 23.4 Å². The van der Waals surface area contributed by atoms with Crippen LogP contribution < -0.4 is 5.32 Å². The lowest BCUT2D eigenvalue weighted by atomic mass is 10.00. The number of nitrogens with zero attached hydrogens (tertiary/aromatic N) is 1. The lowest BCUT2D eigenvalue weighted by Gasteiger charge is -2.25. The van der Waals surface area contributed by atoms with Gasteiger partial charge in [0.25, 0.3) is 0 Å². The van der Waals surface area contributed by atoms with Gasteiger partial charge in [0, 0.05) is 5.38 Å². The molecule has 0 bridgehead atoms. The minimum atomic E-state index is -0.565. The van der Waals surface area contributed by atoms with Crippen LogP contribution in [0.3, 0.4) is 0 Å². The number of amides is 1. The number of aromatic nitrogens is 1. The SMILES string of the molecule is CC[C@H](C)[C@@H](NC(=O)OC(C)(C)C)c1nc(C(=O)OC)cs1. The summed E-state index contributed by atoms with van der Waals surface area (Å²) in [6.07, 6.45) is 0.362. The molecule has 0 unspecified atom stereocenters. The molecule has 1 aromatic rings. The summed E-state index contributed by atoms with van der Waals surface area (Å²) in [4.78, 5) is 27.8. The second kappa shape index (κ2) is 7.58. The van der Waals surface area contributed by atoms with Crippen molar-refractivity contribution in [3.8, 4) is 0 Å². The lowest BCUT2D eigenvalue weighted by molar-refractivity contribution is 0.0486. The van der Waals surface area contributed by atoms with Crippen LogP contribution in [0.15, 0.2) is 5.38 Å². The van der Waals surface area contributed by atoms with E-state index < -0.39 is 17.7 Å². The van der Waals surface area contributed by atoms with Gasteiger partial charge in [-0.1, -0.05) is 20.3 Å². The molecular formula is C15H24N2O4S. The van der Waals surface area contributed by atoms with Crippen LogP contribution in [0.5, 0.6) is 0 Å². The Hall–Kier alpha value is -1.63. The number of rotatable bonds is 5. The summed E-state index contributed by atoms with van der Waals surface area (Å²) in [7, 11) is 1.31. The highest BCUT2D eigenvalue weighted by Crippen LogP contribution is 2.28. The van der Waals surface area contributed by atoms with Gasteiger partial charge >= 0.3 is 12.1 Å². The summed E-state index contributed by atoms with van der Waals surface area (Å²) in [5.41, 5.74) is -0.314. The average Bonchev–Trinajstić information content (AvgIpc) is 2.90. The first-order chi connectivity index (χ1) is 10.2. The van der Waals surface area contributed by atoms with Gasteiger partial charge in [0.2, 0.25) is 0 Å². The third kappa shape index (κ3) is 5.29. The minimum absolute atomic E-state index is 0.157. The van der Waals surface area contributed by atoms with E-state index in [1.54, 1.807) is 5.38 Å². The maximum atomic E-state index is 12.0. The Morgan fingerprint density at radius 1 is 1.41 bits per heavy atom. The van der Waals surface area contributed by atoms with Gasteiger partial charge in [0.05, 0.1) is 13.2 Å². The Morgan fingerprint density at radius 2 is 2.05 bits per heavy atom. The van der Waals surface area contributed by atoms with Crippen molar-refractivity contribution in [3.05, 3.63) is 16.1 Å². The Balaban J connectivity index is 2.91.